The van der Waals surface area contributed by atoms with Gasteiger partial charge in [-0.25, -0.2) is 9.37 Å². The standard InChI is InChI=1S/C7H6ClFINO2/c1-12-3-13-5-2-4(9)7(10)11-6(5)8/h2H,3H2,1H3. The van der Waals surface area contributed by atoms with Gasteiger partial charge in [-0.2, -0.15) is 0 Å². The number of rotatable bonds is 3. The first-order chi connectivity index (χ1) is 6.15. The Hall–Kier alpha value is -0.140. The molecular formula is C7H6ClFINO2. The summed E-state index contributed by atoms with van der Waals surface area (Å²) in [5, 5.41) is 0.128. The second kappa shape index (κ2) is 4.92. The van der Waals surface area contributed by atoms with Crippen molar-refractivity contribution in [3.8, 4) is 5.75 Å². The Kier molecular flexibility index (Phi) is 4.14. The average Bonchev–Trinajstić information content (AvgIpc) is 2.09. The van der Waals surface area contributed by atoms with E-state index in [1.54, 1.807) is 22.6 Å². The van der Waals surface area contributed by atoms with Crippen LogP contribution in [0.2, 0.25) is 5.15 Å². The van der Waals surface area contributed by atoms with E-state index in [1.807, 2.05) is 0 Å². The minimum Gasteiger partial charge on any atom is -0.464 e. The lowest BCUT2D eigenvalue weighted by Gasteiger charge is -2.06. The SMILES string of the molecule is COCOc1cc(F)c(I)nc1Cl. The minimum absolute atomic E-state index is 0.0153. The molecule has 13 heavy (non-hydrogen) atoms. The number of ether oxygens (including phenoxy) is 2. The van der Waals surface area contributed by atoms with Crippen LogP contribution in [0.15, 0.2) is 6.07 Å². The molecule has 72 valence electrons. The highest BCUT2D eigenvalue weighted by Gasteiger charge is 2.08. The van der Waals surface area contributed by atoms with Crippen LogP contribution >= 0.6 is 34.2 Å². The van der Waals surface area contributed by atoms with E-state index in [0.717, 1.165) is 0 Å². The van der Waals surface area contributed by atoms with Crippen LogP contribution in [0.5, 0.6) is 5.75 Å². The highest BCUT2D eigenvalue weighted by atomic mass is 127. The Morgan fingerprint density at radius 2 is 2.38 bits per heavy atom. The quantitative estimate of drug-likeness (QED) is 0.487. The van der Waals surface area contributed by atoms with Gasteiger partial charge in [-0.15, -0.1) is 0 Å². The van der Waals surface area contributed by atoms with Crippen LogP contribution in [-0.4, -0.2) is 18.9 Å². The largest absolute Gasteiger partial charge is 0.464 e. The van der Waals surface area contributed by atoms with Crippen molar-refractivity contribution in [2.75, 3.05) is 13.9 Å². The number of hydrogen-bond donors (Lipinski definition) is 0. The predicted octanol–water partition coefficient (Wildman–Crippen LogP) is 2.46. The van der Waals surface area contributed by atoms with Gasteiger partial charge < -0.3 is 9.47 Å². The molecule has 0 aliphatic heterocycles. The van der Waals surface area contributed by atoms with Crippen LogP contribution in [0.25, 0.3) is 0 Å². The highest BCUT2D eigenvalue weighted by Crippen LogP contribution is 2.25. The molecule has 0 aromatic carbocycles. The van der Waals surface area contributed by atoms with Gasteiger partial charge in [0.2, 0.25) is 0 Å². The molecule has 0 fully saturated rings. The molecular weight excluding hydrogens is 311 g/mol. The Morgan fingerprint density at radius 1 is 1.69 bits per heavy atom. The van der Waals surface area contributed by atoms with Gasteiger partial charge in [0.15, 0.2) is 23.5 Å². The zero-order valence-electron chi connectivity index (χ0n) is 6.68. The molecule has 0 aliphatic rings. The second-order valence-corrected chi connectivity index (χ2v) is 3.48. The van der Waals surface area contributed by atoms with Crippen molar-refractivity contribution >= 4 is 34.2 Å². The van der Waals surface area contributed by atoms with E-state index < -0.39 is 5.82 Å². The van der Waals surface area contributed by atoms with Gasteiger partial charge in [-0.1, -0.05) is 11.6 Å². The lowest BCUT2D eigenvalue weighted by Crippen LogP contribution is -2.01. The third kappa shape index (κ3) is 2.92. The van der Waals surface area contributed by atoms with Crippen molar-refractivity contribution < 1.29 is 13.9 Å². The second-order valence-electron chi connectivity index (χ2n) is 2.10. The maximum atomic E-state index is 12.9. The number of nitrogens with zero attached hydrogens (tertiary/aromatic N) is 1. The monoisotopic (exact) mass is 317 g/mol. The topological polar surface area (TPSA) is 31.4 Å². The molecule has 0 aliphatic carbocycles. The van der Waals surface area contributed by atoms with E-state index in [0.29, 0.717) is 0 Å². The normalized spacial score (nSPS) is 10.2. The Labute approximate surface area is 93.3 Å². The number of aromatic nitrogens is 1. The molecule has 3 nitrogen and oxygen atoms in total. The zero-order chi connectivity index (χ0) is 9.84. The van der Waals surface area contributed by atoms with Crippen LogP contribution in [-0.2, 0) is 4.74 Å². The molecule has 0 atom stereocenters. The van der Waals surface area contributed by atoms with E-state index >= 15 is 0 Å². The predicted molar refractivity (Wildman–Crippen MR) is 54.4 cm³/mol. The molecule has 0 N–H and O–H groups in total. The maximum absolute atomic E-state index is 12.9. The third-order valence-electron chi connectivity index (χ3n) is 1.19. The van der Waals surface area contributed by atoms with E-state index in [4.69, 9.17) is 16.3 Å². The summed E-state index contributed by atoms with van der Waals surface area (Å²) in [5.41, 5.74) is 0. The van der Waals surface area contributed by atoms with Crippen molar-refractivity contribution in [1.29, 1.82) is 0 Å². The molecule has 0 radical (unpaired) electrons. The van der Waals surface area contributed by atoms with Gasteiger partial charge >= 0.3 is 0 Å². The van der Waals surface area contributed by atoms with Crippen LogP contribution in [0, 0.1) is 9.52 Å². The highest BCUT2D eigenvalue weighted by molar-refractivity contribution is 14.1. The minimum atomic E-state index is -0.462. The average molecular weight is 317 g/mol. The Morgan fingerprint density at radius 3 is 3.00 bits per heavy atom. The molecule has 0 bridgehead atoms. The lowest BCUT2D eigenvalue weighted by atomic mass is 10.4. The van der Waals surface area contributed by atoms with E-state index in [-0.39, 0.29) is 21.4 Å². The van der Waals surface area contributed by atoms with Crippen LogP contribution in [0.1, 0.15) is 0 Å². The van der Waals surface area contributed by atoms with E-state index in [1.165, 1.54) is 13.2 Å². The first-order valence-electron chi connectivity index (χ1n) is 3.28. The Balaban J connectivity index is 2.88. The Bertz CT molecular complexity index is 311. The van der Waals surface area contributed by atoms with Crippen LogP contribution in [0.4, 0.5) is 4.39 Å². The van der Waals surface area contributed by atoms with Gasteiger partial charge in [0.25, 0.3) is 0 Å². The molecule has 1 aromatic heterocycles. The summed E-state index contributed by atoms with van der Waals surface area (Å²) in [6, 6.07) is 1.18. The van der Waals surface area contributed by atoms with Gasteiger partial charge in [-0.3, -0.25) is 0 Å². The fourth-order valence-corrected chi connectivity index (χ4v) is 1.39. The summed E-state index contributed by atoms with van der Waals surface area (Å²) >= 11 is 7.42. The summed E-state index contributed by atoms with van der Waals surface area (Å²) in [4.78, 5) is 3.72. The van der Waals surface area contributed by atoms with E-state index in [2.05, 4.69) is 9.72 Å². The van der Waals surface area contributed by atoms with Crippen LogP contribution in [0.3, 0.4) is 0 Å². The molecule has 6 heteroatoms. The van der Waals surface area contributed by atoms with Crippen molar-refractivity contribution in [2.45, 2.75) is 0 Å². The summed E-state index contributed by atoms with van der Waals surface area (Å²) in [5.74, 6) is -0.280. The molecule has 0 saturated heterocycles. The zero-order valence-corrected chi connectivity index (χ0v) is 9.60. The smallest absolute Gasteiger partial charge is 0.188 e. The molecule has 1 rings (SSSR count). The molecule has 0 unspecified atom stereocenters. The molecule has 1 aromatic rings. The van der Waals surface area contributed by atoms with Gasteiger partial charge in [0.1, 0.15) is 3.70 Å². The first kappa shape index (κ1) is 10.9. The summed E-state index contributed by atoms with van der Waals surface area (Å²) in [6.45, 7) is 0.0153. The first-order valence-corrected chi connectivity index (χ1v) is 4.74. The number of halogens is 3. The van der Waals surface area contributed by atoms with Gasteiger partial charge in [0.05, 0.1) is 0 Å². The van der Waals surface area contributed by atoms with Crippen molar-refractivity contribution in [1.82, 2.24) is 4.98 Å². The molecule has 1 heterocycles. The third-order valence-corrected chi connectivity index (χ3v) is 2.21. The van der Waals surface area contributed by atoms with E-state index in [9.17, 15) is 4.39 Å². The summed E-state index contributed by atoms with van der Waals surface area (Å²) in [7, 11) is 1.46. The van der Waals surface area contributed by atoms with Crippen LogP contribution < -0.4 is 4.74 Å². The lowest BCUT2D eigenvalue weighted by molar-refractivity contribution is 0.0507. The van der Waals surface area contributed by atoms with Gasteiger partial charge in [-0.05, 0) is 22.6 Å². The molecule has 0 spiro atoms. The van der Waals surface area contributed by atoms with Crippen molar-refractivity contribution in [2.24, 2.45) is 0 Å². The maximum Gasteiger partial charge on any atom is 0.188 e. The molecule has 0 amide bonds. The van der Waals surface area contributed by atoms with Crippen molar-refractivity contribution in [3.63, 3.8) is 0 Å². The number of methoxy groups -OCH3 is 1. The van der Waals surface area contributed by atoms with Crippen molar-refractivity contribution in [3.05, 3.63) is 20.7 Å². The number of pyridine rings is 1. The van der Waals surface area contributed by atoms with Gasteiger partial charge in [0, 0.05) is 13.2 Å². The summed E-state index contributed by atoms with van der Waals surface area (Å²) < 4.78 is 22.8. The fourth-order valence-electron chi connectivity index (χ4n) is 0.653. The number of hydrogen-bond acceptors (Lipinski definition) is 3. The molecule has 0 saturated carbocycles. The summed E-state index contributed by atoms with van der Waals surface area (Å²) in [6.07, 6.45) is 0. The fraction of sp³-hybridized carbons (Fsp3) is 0.286.